The molecule has 2 N–H and O–H groups in total. The highest BCUT2D eigenvalue weighted by atomic mass is 32.1. The van der Waals surface area contributed by atoms with Crippen LogP contribution in [0.3, 0.4) is 0 Å². The lowest BCUT2D eigenvalue weighted by molar-refractivity contribution is -0.139. The molecule has 27 heavy (non-hydrogen) atoms. The topological polar surface area (TPSA) is 102 Å². The van der Waals surface area contributed by atoms with E-state index in [4.69, 9.17) is 5.11 Å². The average Bonchev–Trinajstić information content (AvgIpc) is 3.11. The number of carbonyl (C=O) groups excluding carboxylic acids is 1. The van der Waals surface area contributed by atoms with Gasteiger partial charge in [-0.15, -0.1) is 0 Å². The Morgan fingerprint density at radius 2 is 1.96 bits per heavy atom. The standard InChI is InChI=1S/C17H28N6O3S/c1-3-14-19-17(27-20-14)23-7-5-22(6-8-23)16(26)18-12-9-13(10-12)21(4-2)11-15(24)25/h12-13H,3-11H2,1-2H3,(H,18,26)(H,24,25). The molecule has 9 nitrogen and oxygen atoms in total. The van der Waals surface area contributed by atoms with Crippen molar-refractivity contribution >= 4 is 28.7 Å². The minimum Gasteiger partial charge on any atom is -0.480 e. The number of carboxylic acids is 1. The van der Waals surface area contributed by atoms with Crippen molar-refractivity contribution in [2.75, 3.05) is 44.2 Å². The third-order valence-electron chi connectivity index (χ3n) is 5.31. The summed E-state index contributed by atoms with van der Waals surface area (Å²) in [5, 5.41) is 13.0. The van der Waals surface area contributed by atoms with Gasteiger partial charge in [-0.3, -0.25) is 9.69 Å². The van der Waals surface area contributed by atoms with E-state index in [0.717, 1.165) is 43.3 Å². The van der Waals surface area contributed by atoms with E-state index in [1.807, 2.05) is 23.6 Å². The summed E-state index contributed by atoms with van der Waals surface area (Å²) in [5.74, 6) is 0.0717. The number of carboxylic acid groups (broad SMARTS) is 1. The minimum absolute atomic E-state index is 0.0223. The summed E-state index contributed by atoms with van der Waals surface area (Å²) in [6.07, 6.45) is 2.47. The second-order valence-corrected chi connectivity index (χ2v) is 7.78. The highest BCUT2D eigenvalue weighted by molar-refractivity contribution is 7.09. The van der Waals surface area contributed by atoms with Gasteiger partial charge in [-0.25, -0.2) is 9.78 Å². The fourth-order valence-electron chi connectivity index (χ4n) is 3.56. The number of aromatic nitrogens is 2. The normalized spacial score (nSPS) is 22.6. The van der Waals surface area contributed by atoms with Crippen LogP contribution in [0.25, 0.3) is 0 Å². The summed E-state index contributed by atoms with van der Waals surface area (Å²) >= 11 is 1.42. The lowest BCUT2D eigenvalue weighted by Crippen LogP contribution is -2.59. The van der Waals surface area contributed by atoms with E-state index in [1.54, 1.807) is 0 Å². The monoisotopic (exact) mass is 396 g/mol. The summed E-state index contributed by atoms with van der Waals surface area (Å²) in [4.78, 5) is 33.9. The third-order valence-corrected chi connectivity index (χ3v) is 6.13. The lowest BCUT2D eigenvalue weighted by Gasteiger charge is -2.43. The van der Waals surface area contributed by atoms with Crippen molar-refractivity contribution in [1.82, 2.24) is 24.5 Å². The molecule has 3 rings (SSSR count). The van der Waals surface area contributed by atoms with Crippen LogP contribution in [-0.2, 0) is 11.2 Å². The lowest BCUT2D eigenvalue weighted by atomic mass is 9.85. The first kappa shape index (κ1) is 19.8. The van der Waals surface area contributed by atoms with Crippen LogP contribution >= 0.6 is 11.5 Å². The first-order valence-corrected chi connectivity index (χ1v) is 10.4. The van der Waals surface area contributed by atoms with Crippen LogP contribution in [0, 0.1) is 0 Å². The number of rotatable bonds is 7. The molecule has 0 unspecified atom stereocenters. The predicted octanol–water partition coefficient (Wildman–Crippen LogP) is 0.870. The molecule has 2 aliphatic rings. The summed E-state index contributed by atoms with van der Waals surface area (Å²) < 4.78 is 4.32. The highest BCUT2D eigenvalue weighted by Gasteiger charge is 2.35. The molecule has 1 aliphatic carbocycles. The molecule has 0 atom stereocenters. The second-order valence-electron chi connectivity index (χ2n) is 7.05. The van der Waals surface area contributed by atoms with Crippen LogP contribution < -0.4 is 10.2 Å². The fraction of sp³-hybridized carbons (Fsp3) is 0.765. The zero-order valence-corrected chi connectivity index (χ0v) is 16.7. The number of carbonyl (C=O) groups is 2. The molecule has 1 saturated carbocycles. The number of nitrogens with zero attached hydrogens (tertiary/aromatic N) is 5. The number of anilines is 1. The van der Waals surface area contributed by atoms with Crippen molar-refractivity contribution in [3.63, 3.8) is 0 Å². The Kier molecular flexibility index (Phi) is 6.48. The minimum atomic E-state index is -0.802. The Hall–Kier alpha value is -1.94. The zero-order valence-electron chi connectivity index (χ0n) is 15.9. The number of amides is 2. The fourth-order valence-corrected chi connectivity index (χ4v) is 4.36. The van der Waals surface area contributed by atoms with Crippen LogP contribution in [0.1, 0.15) is 32.5 Å². The molecule has 10 heteroatoms. The van der Waals surface area contributed by atoms with E-state index >= 15 is 0 Å². The molecule has 1 aliphatic heterocycles. The van der Waals surface area contributed by atoms with E-state index in [9.17, 15) is 9.59 Å². The summed E-state index contributed by atoms with van der Waals surface area (Å²) in [6, 6.07) is 0.364. The quantitative estimate of drug-likeness (QED) is 0.705. The van der Waals surface area contributed by atoms with Crippen molar-refractivity contribution in [2.45, 2.75) is 45.2 Å². The Bertz CT molecular complexity index is 655. The van der Waals surface area contributed by atoms with E-state index in [2.05, 4.69) is 19.6 Å². The Labute approximate surface area is 163 Å². The SMILES string of the molecule is CCc1nsc(N2CCN(C(=O)NC3CC(N(CC)CC(=O)O)C3)CC2)n1. The smallest absolute Gasteiger partial charge is 0.317 e. The maximum Gasteiger partial charge on any atom is 0.317 e. The number of hydrogen-bond acceptors (Lipinski definition) is 7. The number of urea groups is 1. The van der Waals surface area contributed by atoms with Crippen molar-refractivity contribution in [2.24, 2.45) is 0 Å². The third kappa shape index (κ3) is 4.86. The van der Waals surface area contributed by atoms with Gasteiger partial charge in [0.15, 0.2) is 0 Å². The average molecular weight is 397 g/mol. The number of likely N-dealkylation sites (N-methyl/N-ethyl adjacent to an activating group) is 1. The number of aryl methyl sites for hydroxylation is 1. The van der Waals surface area contributed by atoms with Crippen LogP contribution in [0.15, 0.2) is 0 Å². The van der Waals surface area contributed by atoms with Crippen LogP contribution in [-0.4, -0.2) is 87.6 Å². The number of aliphatic carboxylic acids is 1. The van der Waals surface area contributed by atoms with E-state index in [1.165, 1.54) is 11.5 Å². The van der Waals surface area contributed by atoms with Gasteiger partial charge in [0.05, 0.1) is 6.54 Å². The Morgan fingerprint density at radius 1 is 1.26 bits per heavy atom. The molecule has 2 heterocycles. The predicted molar refractivity (Wildman–Crippen MR) is 103 cm³/mol. The van der Waals surface area contributed by atoms with Crippen molar-refractivity contribution in [3.05, 3.63) is 5.82 Å². The number of hydrogen-bond donors (Lipinski definition) is 2. The first-order valence-electron chi connectivity index (χ1n) is 9.59. The molecule has 0 radical (unpaired) electrons. The van der Waals surface area contributed by atoms with Gasteiger partial charge in [0, 0.05) is 56.2 Å². The molecule has 1 aromatic rings. The van der Waals surface area contributed by atoms with Crippen molar-refractivity contribution in [1.29, 1.82) is 0 Å². The van der Waals surface area contributed by atoms with Gasteiger partial charge < -0.3 is 20.2 Å². The molecule has 0 bridgehead atoms. The second kappa shape index (κ2) is 8.83. The van der Waals surface area contributed by atoms with Gasteiger partial charge in [0.2, 0.25) is 5.13 Å². The van der Waals surface area contributed by atoms with Gasteiger partial charge in [-0.1, -0.05) is 13.8 Å². The van der Waals surface area contributed by atoms with Crippen molar-refractivity contribution in [3.8, 4) is 0 Å². The molecule has 0 aromatic carbocycles. The zero-order chi connectivity index (χ0) is 19.4. The maximum atomic E-state index is 12.5. The largest absolute Gasteiger partial charge is 0.480 e. The molecule has 0 spiro atoms. The highest BCUT2D eigenvalue weighted by Crippen LogP contribution is 2.26. The molecule has 1 aromatic heterocycles. The maximum absolute atomic E-state index is 12.5. The summed E-state index contributed by atoms with van der Waals surface area (Å²) in [7, 11) is 0. The van der Waals surface area contributed by atoms with E-state index in [-0.39, 0.29) is 24.7 Å². The van der Waals surface area contributed by atoms with Crippen LogP contribution in [0.2, 0.25) is 0 Å². The molecule has 2 fully saturated rings. The van der Waals surface area contributed by atoms with E-state index < -0.39 is 5.97 Å². The van der Waals surface area contributed by atoms with Crippen molar-refractivity contribution < 1.29 is 14.7 Å². The van der Waals surface area contributed by atoms with Gasteiger partial charge >= 0.3 is 12.0 Å². The first-order chi connectivity index (χ1) is 13.0. The van der Waals surface area contributed by atoms with Gasteiger partial charge in [-0.2, -0.15) is 4.37 Å². The number of nitrogens with one attached hydrogen (secondary N) is 1. The molecule has 1 saturated heterocycles. The van der Waals surface area contributed by atoms with Crippen LogP contribution in [0.4, 0.5) is 9.93 Å². The molecular formula is C17H28N6O3S. The number of piperazine rings is 1. The summed E-state index contributed by atoms with van der Waals surface area (Å²) in [6.45, 7) is 7.66. The van der Waals surface area contributed by atoms with E-state index in [0.29, 0.717) is 19.6 Å². The van der Waals surface area contributed by atoms with Gasteiger partial charge in [-0.05, 0) is 19.4 Å². The van der Waals surface area contributed by atoms with Crippen LogP contribution in [0.5, 0.6) is 0 Å². The molecule has 2 amide bonds. The summed E-state index contributed by atoms with van der Waals surface area (Å²) in [5.41, 5.74) is 0. The molecule has 150 valence electrons. The molecular weight excluding hydrogens is 368 g/mol. The van der Waals surface area contributed by atoms with Gasteiger partial charge in [0.1, 0.15) is 5.82 Å². The van der Waals surface area contributed by atoms with Gasteiger partial charge in [0.25, 0.3) is 0 Å². The Morgan fingerprint density at radius 3 is 2.52 bits per heavy atom. The Balaban J connectivity index is 1.40.